The molecule has 0 spiro atoms. The van der Waals surface area contributed by atoms with Gasteiger partial charge in [-0.15, -0.1) is 0 Å². The van der Waals surface area contributed by atoms with Gasteiger partial charge in [-0.25, -0.2) is 13.5 Å². The highest BCUT2D eigenvalue weighted by molar-refractivity contribution is 9.10. The molecule has 2 aromatic rings. The molecule has 0 saturated carbocycles. The summed E-state index contributed by atoms with van der Waals surface area (Å²) in [5, 5.41) is 4.18. The Morgan fingerprint density at radius 3 is 2.68 bits per heavy atom. The van der Waals surface area contributed by atoms with E-state index < -0.39 is 11.6 Å². The predicted molar refractivity (Wildman–Crippen MR) is 70.3 cm³/mol. The van der Waals surface area contributed by atoms with Crippen LogP contribution in [0.4, 0.5) is 8.78 Å². The number of carbonyl (C=O) groups excluding carboxylic acids is 1. The fourth-order valence-corrected chi connectivity index (χ4v) is 2.49. The van der Waals surface area contributed by atoms with Gasteiger partial charge in [-0.2, -0.15) is 5.10 Å². The van der Waals surface area contributed by atoms with Crippen LogP contribution >= 0.6 is 15.9 Å². The molecule has 3 nitrogen and oxygen atoms in total. The van der Waals surface area contributed by atoms with Crippen LogP contribution in [-0.4, -0.2) is 15.6 Å². The normalized spacial score (nSPS) is 10.8. The molecule has 0 radical (unpaired) electrons. The van der Waals surface area contributed by atoms with Gasteiger partial charge in [0, 0.05) is 18.1 Å². The third-order valence-corrected chi connectivity index (χ3v) is 3.50. The Hall–Kier alpha value is -1.56. The predicted octanol–water partition coefficient (Wildman–Crippen LogP) is 3.35. The third-order valence-electron chi connectivity index (χ3n) is 2.69. The smallest absolute Gasteiger partial charge is 0.151 e. The van der Waals surface area contributed by atoms with Gasteiger partial charge in [0.25, 0.3) is 0 Å². The molecule has 19 heavy (non-hydrogen) atoms. The number of hydrogen-bond acceptors (Lipinski definition) is 2. The van der Waals surface area contributed by atoms with Crippen LogP contribution in [0.25, 0.3) is 5.69 Å². The first-order chi connectivity index (χ1) is 8.90. The second-order valence-electron chi connectivity index (χ2n) is 4.24. The summed E-state index contributed by atoms with van der Waals surface area (Å²) in [6, 6.07) is 3.26. The summed E-state index contributed by atoms with van der Waals surface area (Å²) in [6.07, 6.45) is 0.217. The van der Waals surface area contributed by atoms with Crippen LogP contribution in [-0.2, 0) is 11.2 Å². The molecule has 0 unspecified atom stereocenters. The molecule has 0 fully saturated rings. The van der Waals surface area contributed by atoms with Crippen molar-refractivity contribution in [3.05, 3.63) is 45.7 Å². The number of aryl methyl sites for hydroxylation is 1. The van der Waals surface area contributed by atoms with Crippen LogP contribution < -0.4 is 0 Å². The van der Waals surface area contributed by atoms with Gasteiger partial charge in [0.1, 0.15) is 21.9 Å². The second-order valence-corrected chi connectivity index (χ2v) is 4.99. The van der Waals surface area contributed by atoms with Crippen molar-refractivity contribution in [2.24, 2.45) is 0 Å². The Kier molecular flexibility index (Phi) is 3.80. The molecule has 0 amide bonds. The summed E-state index contributed by atoms with van der Waals surface area (Å²) >= 11 is 3.31. The molecule has 2 rings (SSSR count). The molecule has 6 heteroatoms. The van der Waals surface area contributed by atoms with Crippen molar-refractivity contribution < 1.29 is 13.6 Å². The van der Waals surface area contributed by atoms with Crippen LogP contribution in [0.3, 0.4) is 0 Å². The number of hydrogen-bond donors (Lipinski definition) is 0. The number of rotatable bonds is 3. The van der Waals surface area contributed by atoms with E-state index in [9.17, 15) is 13.6 Å². The van der Waals surface area contributed by atoms with E-state index in [-0.39, 0.29) is 17.9 Å². The number of benzene rings is 1. The lowest BCUT2D eigenvalue weighted by Gasteiger charge is -2.05. The largest absolute Gasteiger partial charge is 0.300 e. The van der Waals surface area contributed by atoms with Gasteiger partial charge < -0.3 is 0 Å². The zero-order chi connectivity index (χ0) is 14.2. The van der Waals surface area contributed by atoms with Crippen molar-refractivity contribution in [2.75, 3.05) is 0 Å². The SMILES string of the molecule is CC(=O)Cc1c(C)nn(-c2ccc(F)cc2F)c1Br. The first kappa shape index (κ1) is 13.9. The topological polar surface area (TPSA) is 34.9 Å². The van der Waals surface area contributed by atoms with Crippen molar-refractivity contribution in [1.29, 1.82) is 0 Å². The third kappa shape index (κ3) is 2.73. The molecule has 0 aliphatic heterocycles. The van der Waals surface area contributed by atoms with E-state index in [1.807, 2.05) is 0 Å². The van der Waals surface area contributed by atoms with Crippen molar-refractivity contribution in [3.63, 3.8) is 0 Å². The van der Waals surface area contributed by atoms with E-state index in [0.717, 1.165) is 12.1 Å². The van der Waals surface area contributed by atoms with Crippen molar-refractivity contribution in [3.8, 4) is 5.69 Å². The van der Waals surface area contributed by atoms with Crippen LogP contribution in [0.2, 0.25) is 0 Å². The molecule has 1 aromatic heterocycles. The van der Waals surface area contributed by atoms with Gasteiger partial charge in [-0.3, -0.25) is 4.79 Å². The zero-order valence-corrected chi connectivity index (χ0v) is 12.0. The summed E-state index contributed by atoms with van der Waals surface area (Å²) in [5.41, 5.74) is 1.47. The van der Waals surface area contributed by atoms with Crippen LogP contribution in [0.15, 0.2) is 22.8 Å². The van der Waals surface area contributed by atoms with Gasteiger partial charge in [0.05, 0.1) is 5.69 Å². The van der Waals surface area contributed by atoms with Crippen LogP contribution in [0.5, 0.6) is 0 Å². The molecular formula is C13H11BrF2N2O. The first-order valence-corrected chi connectivity index (χ1v) is 6.38. The van der Waals surface area contributed by atoms with Gasteiger partial charge in [0.15, 0.2) is 5.82 Å². The van der Waals surface area contributed by atoms with Crippen molar-refractivity contribution in [2.45, 2.75) is 20.3 Å². The first-order valence-electron chi connectivity index (χ1n) is 5.59. The highest BCUT2D eigenvalue weighted by atomic mass is 79.9. The molecule has 0 aliphatic rings. The van der Waals surface area contributed by atoms with Crippen molar-refractivity contribution in [1.82, 2.24) is 9.78 Å². The van der Waals surface area contributed by atoms with E-state index >= 15 is 0 Å². The number of ketones is 1. The van der Waals surface area contributed by atoms with Crippen LogP contribution in [0.1, 0.15) is 18.2 Å². The summed E-state index contributed by atoms with van der Waals surface area (Å²) in [4.78, 5) is 11.2. The van der Waals surface area contributed by atoms with E-state index in [4.69, 9.17) is 0 Å². The quantitative estimate of drug-likeness (QED) is 0.866. The molecule has 1 aromatic carbocycles. The molecule has 0 saturated heterocycles. The monoisotopic (exact) mass is 328 g/mol. The van der Waals surface area contributed by atoms with Gasteiger partial charge in [-0.1, -0.05) is 0 Å². The average Bonchev–Trinajstić information content (AvgIpc) is 2.57. The second kappa shape index (κ2) is 5.21. The minimum atomic E-state index is -0.711. The minimum absolute atomic E-state index is 0.0112. The Bertz CT molecular complexity index is 652. The highest BCUT2D eigenvalue weighted by Gasteiger charge is 2.17. The lowest BCUT2D eigenvalue weighted by molar-refractivity contribution is -0.116. The summed E-state index contributed by atoms with van der Waals surface area (Å²) in [5.74, 6) is -1.37. The highest BCUT2D eigenvalue weighted by Crippen LogP contribution is 2.26. The van der Waals surface area contributed by atoms with E-state index in [0.29, 0.717) is 15.9 Å². The maximum atomic E-state index is 13.7. The van der Waals surface area contributed by atoms with E-state index in [2.05, 4.69) is 21.0 Å². The lowest BCUT2D eigenvalue weighted by atomic mass is 10.1. The van der Waals surface area contributed by atoms with Gasteiger partial charge in [0.2, 0.25) is 0 Å². The average molecular weight is 329 g/mol. The van der Waals surface area contributed by atoms with Crippen LogP contribution in [0, 0.1) is 18.6 Å². The number of halogens is 3. The standard InChI is InChI=1S/C13H11BrF2N2O/c1-7(19)5-10-8(2)17-18(13(10)14)12-4-3-9(15)6-11(12)16/h3-4,6H,5H2,1-2H3. The minimum Gasteiger partial charge on any atom is -0.300 e. The maximum Gasteiger partial charge on any atom is 0.151 e. The number of carbonyl (C=O) groups is 1. The van der Waals surface area contributed by atoms with Gasteiger partial charge in [-0.05, 0) is 41.9 Å². The Morgan fingerprint density at radius 1 is 1.42 bits per heavy atom. The fourth-order valence-electron chi connectivity index (χ4n) is 1.79. The number of Topliss-reactive ketones (excluding diaryl/α,β-unsaturated/α-hetero) is 1. The van der Waals surface area contributed by atoms with Gasteiger partial charge >= 0.3 is 0 Å². The fraction of sp³-hybridized carbons (Fsp3) is 0.231. The molecule has 100 valence electrons. The summed E-state index contributed by atoms with van der Waals surface area (Å²) in [6.45, 7) is 3.21. The number of nitrogens with zero attached hydrogens (tertiary/aromatic N) is 2. The summed E-state index contributed by atoms with van der Waals surface area (Å²) in [7, 11) is 0. The van der Waals surface area contributed by atoms with E-state index in [1.54, 1.807) is 6.92 Å². The molecule has 0 bridgehead atoms. The number of aromatic nitrogens is 2. The Morgan fingerprint density at radius 2 is 2.11 bits per heavy atom. The molecular weight excluding hydrogens is 318 g/mol. The molecule has 0 N–H and O–H groups in total. The molecule has 0 aliphatic carbocycles. The molecule has 0 atom stereocenters. The molecule has 1 heterocycles. The maximum absolute atomic E-state index is 13.7. The summed E-state index contributed by atoms with van der Waals surface area (Å²) < 4.78 is 28.5. The lowest BCUT2D eigenvalue weighted by Crippen LogP contribution is -2.01. The zero-order valence-electron chi connectivity index (χ0n) is 10.4. The Labute approximate surface area is 117 Å². The van der Waals surface area contributed by atoms with E-state index in [1.165, 1.54) is 17.7 Å². The van der Waals surface area contributed by atoms with Crippen molar-refractivity contribution >= 4 is 21.7 Å². The Balaban J connectivity index is 2.54.